The molecule has 0 aliphatic rings. The number of phenolic OH excluding ortho intramolecular Hbond substituents is 1. The van der Waals surface area contributed by atoms with Crippen molar-refractivity contribution in [3.8, 4) is 5.75 Å². The topological polar surface area (TPSA) is 62.5 Å². The molecule has 0 radical (unpaired) electrons. The van der Waals surface area contributed by atoms with Crippen molar-refractivity contribution in [2.24, 2.45) is 0 Å². The number of hydrogen-bond acceptors (Lipinski definition) is 2. The van der Waals surface area contributed by atoms with E-state index in [-0.39, 0.29) is 5.75 Å². The molecule has 0 amide bonds. The summed E-state index contributed by atoms with van der Waals surface area (Å²) in [6, 6.07) is 9.45. The minimum atomic E-state index is -0.906. The van der Waals surface area contributed by atoms with Gasteiger partial charge in [-0.05, 0) is 42.7 Å². The molecule has 0 unspecified atom stereocenters. The van der Waals surface area contributed by atoms with Crippen molar-refractivity contribution in [3.05, 3.63) is 53.3 Å². The van der Waals surface area contributed by atoms with E-state index in [0.29, 0.717) is 18.0 Å². The molecule has 1 aromatic heterocycles. The Hall–Kier alpha value is -1.94. The van der Waals surface area contributed by atoms with Crippen LogP contribution in [0.3, 0.4) is 0 Å². The third kappa shape index (κ3) is 3.29. The lowest BCUT2D eigenvalue weighted by Gasteiger charge is -2.15. The maximum Gasteiger partial charge on any atom is 0.326 e. The fraction of sp³-hybridized carbons (Fsp3) is 0.214. The Morgan fingerprint density at radius 3 is 2.47 bits per heavy atom. The average molecular weight is 280 g/mol. The largest absolute Gasteiger partial charge is 0.508 e. The average Bonchev–Trinajstić information content (AvgIpc) is 2.78. The van der Waals surface area contributed by atoms with E-state index in [0.717, 1.165) is 5.56 Å². The maximum atomic E-state index is 11.3. The molecule has 100 valence electrons. The second kappa shape index (κ2) is 5.80. The highest BCUT2D eigenvalue weighted by Crippen LogP contribution is 2.22. The molecule has 0 spiro atoms. The summed E-state index contributed by atoms with van der Waals surface area (Å²) in [5, 5.41) is 18.9. The van der Waals surface area contributed by atoms with Gasteiger partial charge in [-0.25, -0.2) is 4.79 Å². The Morgan fingerprint density at radius 2 is 1.95 bits per heavy atom. The van der Waals surface area contributed by atoms with Gasteiger partial charge in [0.2, 0.25) is 0 Å². The smallest absolute Gasteiger partial charge is 0.326 e. The van der Waals surface area contributed by atoms with E-state index in [4.69, 9.17) is 11.6 Å². The predicted molar refractivity (Wildman–Crippen MR) is 72.5 cm³/mol. The molecular formula is C14H14ClNO3. The van der Waals surface area contributed by atoms with Gasteiger partial charge in [0.1, 0.15) is 16.9 Å². The monoisotopic (exact) mass is 279 g/mol. The van der Waals surface area contributed by atoms with Crippen molar-refractivity contribution in [1.29, 1.82) is 0 Å². The van der Waals surface area contributed by atoms with Gasteiger partial charge in [-0.2, -0.15) is 0 Å². The van der Waals surface area contributed by atoms with Gasteiger partial charge in [-0.1, -0.05) is 23.7 Å². The molecule has 1 atom stereocenters. The summed E-state index contributed by atoms with van der Waals surface area (Å²) in [7, 11) is 0. The van der Waals surface area contributed by atoms with E-state index >= 15 is 0 Å². The first-order valence-electron chi connectivity index (χ1n) is 5.91. The number of aromatic hydroxyl groups is 1. The third-order valence-corrected chi connectivity index (χ3v) is 3.31. The first-order valence-corrected chi connectivity index (χ1v) is 6.29. The number of aromatic nitrogens is 1. The number of nitrogens with zero attached hydrogens (tertiary/aromatic N) is 1. The van der Waals surface area contributed by atoms with E-state index in [1.807, 2.05) is 0 Å². The summed E-state index contributed by atoms with van der Waals surface area (Å²) < 4.78 is 1.55. The summed E-state index contributed by atoms with van der Waals surface area (Å²) in [6.45, 7) is 0. The minimum absolute atomic E-state index is 0.201. The molecule has 0 saturated heterocycles. The van der Waals surface area contributed by atoms with Crippen LogP contribution in [0.15, 0.2) is 42.6 Å². The third-order valence-electron chi connectivity index (χ3n) is 2.99. The lowest BCUT2D eigenvalue weighted by molar-refractivity contribution is -0.141. The fourth-order valence-electron chi connectivity index (χ4n) is 1.97. The molecule has 0 bridgehead atoms. The van der Waals surface area contributed by atoms with Gasteiger partial charge >= 0.3 is 5.97 Å². The van der Waals surface area contributed by atoms with Crippen LogP contribution in [-0.2, 0) is 11.2 Å². The fourth-order valence-corrected chi connectivity index (χ4v) is 2.22. The molecule has 2 N–H and O–H groups in total. The van der Waals surface area contributed by atoms with Crippen molar-refractivity contribution in [2.75, 3.05) is 0 Å². The standard InChI is InChI=1S/C14H14ClNO3/c15-13-2-1-9-16(13)12(14(18)19)8-5-10-3-6-11(17)7-4-10/h1-4,6-7,9,12,17H,5,8H2,(H,18,19)/t12-/m0/s1. The normalized spacial score (nSPS) is 12.3. The summed E-state index contributed by atoms with van der Waals surface area (Å²) in [6.07, 6.45) is 2.71. The highest BCUT2D eigenvalue weighted by molar-refractivity contribution is 6.29. The molecule has 0 aliphatic heterocycles. The summed E-state index contributed by atoms with van der Waals surface area (Å²) >= 11 is 5.95. The van der Waals surface area contributed by atoms with Crippen molar-refractivity contribution in [1.82, 2.24) is 4.57 Å². The zero-order valence-corrected chi connectivity index (χ0v) is 10.9. The predicted octanol–water partition coefficient (Wildman–Crippen LogP) is 3.11. The van der Waals surface area contributed by atoms with Crippen molar-refractivity contribution in [3.63, 3.8) is 0 Å². The number of rotatable bonds is 5. The molecule has 5 heteroatoms. The number of carboxylic acids is 1. The molecule has 2 aromatic rings. The number of halogens is 1. The Kier molecular flexibility index (Phi) is 4.12. The van der Waals surface area contributed by atoms with Gasteiger partial charge in [0.05, 0.1) is 0 Å². The molecule has 1 aromatic carbocycles. The quantitative estimate of drug-likeness (QED) is 0.884. The van der Waals surface area contributed by atoms with Crippen LogP contribution in [0.4, 0.5) is 0 Å². The SMILES string of the molecule is O=C(O)[C@H](CCc1ccc(O)cc1)n1cccc1Cl. The van der Waals surface area contributed by atoms with Crippen LogP contribution in [0.1, 0.15) is 18.0 Å². The number of carbonyl (C=O) groups is 1. The molecule has 2 rings (SSSR count). The highest BCUT2D eigenvalue weighted by atomic mass is 35.5. The Morgan fingerprint density at radius 1 is 1.26 bits per heavy atom. The molecule has 4 nitrogen and oxygen atoms in total. The Balaban J connectivity index is 2.08. The first kappa shape index (κ1) is 13.5. The number of aliphatic carboxylic acids is 1. The van der Waals surface area contributed by atoms with Crippen LogP contribution in [-0.4, -0.2) is 20.7 Å². The minimum Gasteiger partial charge on any atom is -0.508 e. The molecule has 19 heavy (non-hydrogen) atoms. The number of aryl methyl sites for hydroxylation is 1. The van der Waals surface area contributed by atoms with Crippen LogP contribution in [0.25, 0.3) is 0 Å². The zero-order valence-electron chi connectivity index (χ0n) is 10.2. The van der Waals surface area contributed by atoms with E-state index in [1.165, 1.54) is 0 Å². The van der Waals surface area contributed by atoms with Gasteiger partial charge in [0.15, 0.2) is 0 Å². The van der Waals surface area contributed by atoms with Gasteiger partial charge in [0.25, 0.3) is 0 Å². The van der Waals surface area contributed by atoms with Crippen LogP contribution >= 0.6 is 11.6 Å². The molecule has 0 saturated carbocycles. The van der Waals surface area contributed by atoms with Gasteiger partial charge in [-0.3, -0.25) is 0 Å². The van der Waals surface area contributed by atoms with Crippen LogP contribution in [0.5, 0.6) is 5.75 Å². The van der Waals surface area contributed by atoms with Crippen molar-refractivity contribution >= 4 is 17.6 Å². The molecule has 1 heterocycles. The van der Waals surface area contributed by atoms with Gasteiger partial charge in [0, 0.05) is 6.20 Å². The van der Waals surface area contributed by atoms with Gasteiger partial charge in [-0.15, -0.1) is 0 Å². The molecular weight excluding hydrogens is 266 g/mol. The first-order chi connectivity index (χ1) is 9.08. The van der Waals surface area contributed by atoms with E-state index < -0.39 is 12.0 Å². The summed E-state index contributed by atoms with van der Waals surface area (Å²) in [4.78, 5) is 11.3. The highest BCUT2D eigenvalue weighted by Gasteiger charge is 2.20. The summed E-state index contributed by atoms with van der Waals surface area (Å²) in [5.74, 6) is -0.705. The van der Waals surface area contributed by atoms with Crippen LogP contribution in [0.2, 0.25) is 5.15 Å². The van der Waals surface area contributed by atoms with Crippen LogP contribution < -0.4 is 0 Å². The van der Waals surface area contributed by atoms with E-state index in [2.05, 4.69) is 0 Å². The van der Waals surface area contributed by atoms with Gasteiger partial charge < -0.3 is 14.8 Å². The molecule has 0 aliphatic carbocycles. The lowest BCUT2D eigenvalue weighted by Crippen LogP contribution is -2.19. The number of phenols is 1. The maximum absolute atomic E-state index is 11.3. The van der Waals surface area contributed by atoms with Crippen molar-refractivity contribution < 1.29 is 15.0 Å². The second-order valence-corrected chi connectivity index (χ2v) is 4.68. The summed E-state index contributed by atoms with van der Waals surface area (Å²) in [5.41, 5.74) is 0.979. The van der Waals surface area contributed by atoms with Crippen LogP contribution in [0, 0.1) is 0 Å². The van der Waals surface area contributed by atoms with E-state index in [9.17, 15) is 15.0 Å². The second-order valence-electron chi connectivity index (χ2n) is 4.30. The number of hydrogen-bond donors (Lipinski definition) is 2. The Labute approximate surface area is 115 Å². The van der Waals surface area contributed by atoms with Crippen molar-refractivity contribution in [2.45, 2.75) is 18.9 Å². The number of carboxylic acid groups (broad SMARTS) is 1. The zero-order chi connectivity index (χ0) is 13.8. The number of benzene rings is 1. The Bertz CT molecular complexity index is 562. The lowest BCUT2D eigenvalue weighted by atomic mass is 10.1. The van der Waals surface area contributed by atoms with E-state index in [1.54, 1.807) is 47.2 Å². The molecule has 0 fully saturated rings.